The summed E-state index contributed by atoms with van der Waals surface area (Å²) in [6.07, 6.45) is -3.23. The van der Waals surface area contributed by atoms with E-state index < -0.39 is 29.9 Å². The number of nitrogens with zero attached hydrogens (tertiary/aromatic N) is 2. The monoisotopic (exact) mass is 318 g/mol. The van der Waals surface area contributed by atoms with Crippen LogP contribution in [0.25, 0.3) is 0 Å². The van der Waals surface area contributed by atoms with E-state index in [2.05, 4.69) is 4.98 Å². The van der Waals surface area contributed by atoms with Crippen molar-refractivity contribution < 1.29 is 27.8 Å². The smallest absolute Gasteiger partial charge is 0.418 e. The molecule has 122 valence electrons. The lowest BCUT2D eigenvalue weighted by Gasteiger charge is -2.49. The van der Waals surface area contributed by atoms with Crippen LogP contribution in [0.1, 0.15) is 31.1 Å². The van der Waals surface area contributed by atoms with E-state index in [4.69, 9.17) is 4.74 Å². The van der Waals surface area contributed by atoms with Crippen LogP contribution in [0.2, 0.25) is 0 Å². The van der Waals surface area contributed by atoms with Crippen LogP contribution in [0.4, 0.5) is 19.0 Å². The van der Waals surface area contributed by atoms with Gasteiger partial charge in [0.15, 0.2) is 5.60 Å². The third-order valence-electron chi connectivity index (χ3n) is 3.48. The van der Waals surface area contributed by atoms with Gasteiger partial charge in [0.2, 0.25) is 0 Å². The van der Waals surface area contributed by atoms with Gasteiger partial charge in [-0.3, -0.25) is 0 Å². The number of hydrogen-bond acceptors (Lipinski definition) is 4. The fourth-order valence-electron chi connectivity index (χ4n) is 2.67. The van der Waals surface area contributed by atoms with Crippen LogP contribution in [0.15, 0.2) is 18.3 Å². The number of rotatable bonds is 2. The number of carbonyl (C=O) groups is 1. The average molecular weight is 318 g/mol. The number of aromatic carboxylic acids is 1. The van der Waals surface area contributed by atoms with Gasteiger partial charge in [0.25, 0.3) is 0 Å². The molecule has 2 rings (SSSR count). The summed E-state index contributed by atoms with van der Waals surface area (Å²) >= 11 is 0. The molecule has 8 heteroatoms. The van der Waals surface area contributed by atoms with Crippen molar-refractivity contribution in [2.45, 2.75) is 38.1 Å². The SMILES string of the molecule is CC1(C)CN(c2ncccc2C(=O)O)CC(C)(C(F)(F)F)O1. The average Bonchev–Trinajstić information content (AvgIpc) is 2.35. The van der Waals surface area contributed by atoms with Crippen molar-refractivity contribution in [1.82, 2.24) is 4.98 Å². The molecule has 1 aromatic heterocycles. The largest absolute Gasteiger partial charge is 0.478 e. The number of anilines is 1. The highest BCUT2D eigenvalue weighted by atomic mass is 19.4. The van der Waals surface area contributed by atoms with Crippen molar-refractivity contribution in [3.05, 3.63) is 23.9 Å². The summed E-state index contributed by atoms with van der Waals surface area (Å²) in [5.41, 5.74) is -3.64. The topological polar surface area (TPSA) is 62.7 Å². The molecule has 5 nitrogen and oxygen atoms in total. The van der Waals surface area contributed by atoms with Gasteiger partial charge in [0.1, 0.15) is 11.4 Å². The van der Waals surface area contributed by atoms with Gasteiger partial charge in [-0.1, -0.05) is 0 Å². The maximum Gasteiger partial charge on any atom is 0.418 e. The number of halogens is 3. The lowest BCUT2D eigenvalue weighted by Crippen LogP contribution is -2.64. The summed E-state index contributed by atoms with van der Waals surface area (Å²) < 4.78 is 45.2. The minimum Gasteiger partial charge on any atom is -0.478 e. The molecule has 1 saturated heterocycles. The Hall–Kier alpha value is -1.83. The minimum absolute atomic E-state index is 0.0156. The summed E-state index contributed by atoms with van der Waals surface area (Å²) in [5, 5.41) is 9.20. The number of morpholine rings is 1. The zero-order chi connectivity index (χ0) is 16.8. The van der Waals surface area contributed by atoms with Crippen molar-refractivity contribution in [2.75, 3.05) is 18.0 Å². The second-order valence-electron chi connectivity index (χ2n) is 6.13. The van der Waals surface area contributed by atoms with Crippen LogP contribution < -0.4 is 4.90 Å². The molecule has 0 aromatic carbocycles. The second kappa shape index (κ2) is 5.12. The Morgan fingerprint density at radius 3 is 2.55 bits per heavy atom. The molecule has 1 aromatic rings. The van der Waals surface area contributed by atoms with Crippen molar-refractivity contribution >= 4 is 11.8 Å². The number of ether oxygens (including phenoxy) is 1. The number of aromatic nitrogens is 1. The Balaban J connectivity index is 2.46. The highest BCUT2D eigenvalue weighted by Crippen LogP contribution is 2.41. The van der Waals surface area contributed by atoms with Gasteiger partial charge >= 0.3 is 12.1 Å². The summed E-state index contributed by atoms with van der Waals surface area (Å²) in [6, 6.07) is 2.75. The Kier molecular flexibility index (Phi) is 3.85. The van der Waals surface area contributed by atoms with Crippen molar-refractivity contribution in [3.8, 4) is 0 Å². The molecule has 1 N–H and O–H groups in total. The quantitative estimate of drug-likeness (QED) is 0.908. The normalized spacial score (nSPS) is 25.1. The first-order valence-corrected chi connectivity index (χ1v) is 6.65. The molecule has 1 aliphatic rings. The van der Waals surface area contributed by atoms with E-state index in [1.807, 2.05) is 0 Å². The van der Waals surface area contributed by atoms with Gasteiger partial charge < -0.3 is 14.7 Å². The van der Waals surface area contributed by atoms with E-state index in [0.29, 0.717) is 0 Å². The standard InChI is InChI=1S/C14H17F3N2O3/c1-12(2)7-19(8-13(3,22-12)14(15,16)17)10-9(11(20)21)5-4-6-18-10/h4-6H,7-8H2,1-3H3,(H,20,21). The van der Waals surface area contributed by atoms with E-state index in [9.17, 15) is 23.1 Å². The van der Waals surface area contributed by atoms with E-state index in [-0.39, 0.29) is 17.9 Å². The first kappa shape index (κ1) is 16.5. The van der Waals surface area contributed by atoms with Crippen LogP contribution in [0.5, 0.6) is 0 Å². The number of pyridine rings is 1. The zero-order valence-corrected chi connectivity index (χ0v) is 12.4. The summed E-state index contributed by atoms with van der Waals surface area (Å²) in [7, 11) is 0. The molecule has 22 heavy (non-hydrogen) atoms. The Labute approximate surface area is 125 Å². The third-order valence-corrected chi connectivity index (χ3v) is 3.48. The lowest BCUT2D eigenvalue weighted by molar-refractivity contribution is -0.302. The van der Waals surface area contributed by atoms with Crippen LogP contribution in [0, 0.1) is 0 Å². The summed E-state index contributed by atoms with van der Waals surface area (Å²) in [4.78, 5) is 16.5. The molecular weight excluding hydrogens is 301 g/mol. The molecule has 0 saturated carbocycles. The second-order valence-corrected chi connectivity index (χ2v) is 6.13. The van der Waals surface area contributed by atoms with Crippen molar-refractivity contribution in [1.29, 1.82) is 0 Å². The van der Waals surface area contributed by atoms with Crippen LogP contribution in [-0.2, 0) is 4.74 Å². The fourth-order valence-corrected chi connectivity index (χ4v) is 2.67. The first-order valence-electron chi connectivity index (χ1n) is 6.65. The van der Waals surface area contributed by atoms with E-state index >= 15 is 0 Å². The number of carboxylic acids is 1. The molecule has 0 bridgehead atoms. The predicted molar refractivity (Wildman–Crippen MR) is 73.0 cm³/mol. The molecule has 1 aliphatic heterocycles. The molecule has 0 amide bonds. The summed E-state index contributed by atoms with van der Waals surface area (Å²) in [6.45, 7) is 3.62. The van der Waals surface area contributed by atoms with E-state index in [1.54, 1.807) is 0 Å². The predicted octanol–water partition coefficient (Wildman–Crippen LogP) is 2.72. The molecule has 1 unspecified atom stereocenters. The fraction of sp³-hybridized carbons (Fsp3) is 0.571. The number of carboxylic acid groups (broad SMARTS) is 1. The lowest BCUT2D eigenvalue weighted by atomic mass is 9.96. The molecule has 2 heterocycles. The van der Waals surface area contributed by atoms with E-state index in [0.717, 1.165) is 6.92 Å². The van der Waals surface area contributed by atoms with Crippen LogP contribution in [-0.4, -0.2) is 46.5 Å². The number of hydrogen-bond donors (Lipinski definition) is 1. The summed E-state index contributed by atoms with van der Waals surface area (Å²) in [5.74, 6) is -1.22. The molecule has 0 aliphatic carbocycles. The maximum atomic E-state index is 13.3. The zero-order valence-electron chi connectivity index (χ0n) is 12.4. The Morgan fingerprint density at radius 2 is 2.00 bits per heavy atom. The van der Waals surface area contributed by atoms with Crippen molar-refractivity contribution in [2.24, 2.45) is 0 Å². The van der Waals surface area contributed by atoms with E-state index in [1.165, 1.54) is 37.1 Å². The third kappa shape index (κ3) is 3.01. The van der Waals surface area contributed by atoms with Gasteiger partial charge in [-0.15, -0.1) is 0 Å². The van der Waals surface area contributed by atoms with Gasteiger partial charge in [-0.2, -0.15) is 13.2 Å². The highest BCUT2D eigenvalue weighted by molar-refractivity contribution is 5.93. The minimum atomic E-state index is -4.58. The molecular formula is C14H17F3N2O3. The Morgan fingerprint density at radius 1 is 1.36 bits per heavy atom. The molecule has 0 radical (unpaired) electrons. The van der Waals surface area contributed by atoms with Gasteiger partial charge in [0, 0.05) is 12.7 Å². The van der Waals surface area contributed by atoms with Gasteiger partial charge in [-0.05, 0) is 32.9 Å². The van der Waals surface area contributed by atoms with Gasteiger partial charge in [0.05, 0.1) is 12.1 Å². The van der Waals surface area contributed by atoms with Crippen LogP contribution in [0.3, 0.4) is 0 Å². The Bertz CT molecular complexity index is 589. The van der Waals surface area contributed by atoms with Crippen molar-refractivity contribution in [3.63, 3.8) is 0 Å². The van der Waals surface area contributed by atoms with Gasteiger partial charge in [-0.25, -0.2) is 9.78 Å². The van der Waals surface area contributed by atoms with Crippen LogP contribution >= 0.6 is 0 Å². The maximum absolute atomic E-state index is 13.3. The number of alkyl halides is 3. The molecule has 1 fully saturated rings. The first-order chi connectivity index (χ1) is 9.95. The highest BCUT2D eigenvalue weighted by Gasteiger charge is 2.58. The molecule has 1 atom stereocenters. The molecule has 0 spiro atoms.